The van der Waals surface area contributed by atoms with Crippen molar-refractivity contribution < 1.29 is 14.3 Å². The molecule has 0 spiro atoms. The van der Waals surface area contributed by atoms with E-state index in [2.05, 4.69) is 19.0 Å². The minimum Gasteiger partial charge on any atom is -0.493 e. The Morgan fingerprint density at radius 3 is 2.40 bits per heavy atom. The lowest BCUT2D eigenvalue weighted by Gasteiger charge is -2.13. The molecule has 4 nitrogen and oxygen atoms in total. The number of nitrogens with zero attached hydrogens (tertiary/aromatic N) is 1. The molecule has 1 rings (SSSR count). The zero-order valence-corrected chi connectivity index (χ0v) is 12.9. The molecule has 0 amide bonds. The van der Waals surface area contributed by atoms with E-state index >= 15 is 0 Å². The lowest BCUT2D eigenvalue weighted by atomic mass is 10.3. The zero-order valence-electron chi connectivity index (χ0n) is 12.9. The normalized spacial score (nSPS) is 12.9. The molecule has 4 heteroatoms. The van der Waals surface area contributed by atoms with Crippen molar-refractivity contribution in [2.24, 2.45) is 5.16 Å². The Balaban J connectivity index is 2.34. The van der Waals surface area contributed by atoms with Crippen LogP contribution in [0, 0.1) is 0 Å². The van der Waals surface area contributed by atoms with Crippen molar-refractivity contribution in [1.29, 1.82) is 0 Å². The third-order valence-electron chi connectivity index (χ3n) is 2.82. The van der Waals surface area contributed by atoms with Crippen LogP contribution in [-0.2, 0) is 4.84 Å². The van der Waals surface area contributed by atoms with Gasteiger partial charge in [-0.05, 0) is 51.5 Å². The fourth-order valence-electron chi connectivity index (χ4n) is 1.47. The van der Waals surface area contributed by atoms with Gasteiger partial charge in [0.1, 0.15) is 18.1 Å². The molecule has 1 atom stereocenters. The summed E-state index contributed by atoms with van der Waals surface area (Å²) in [7, 11) is 0. The molecule has 1 aromatic carbocycles. The van der Waals surface area contributed by atoms with Crippen LogP contribution < -0.4 is 9.47 Å². The fourth-order valence-corrected chi connectivity index (χ4v) is 1.47. The van der Waals surface area contributed by atoms with E-state index in [0.29, 0.717) is 13.2 Å². The maximum Gasteiger partial charge on any atom is 0.119 e. The summed E-state index contributed by atoms with van der Waals surface area (Å²) in [5, 5.41) is 3.95. The van der Waals surface area contributed by atoms with Crippen LogP contribution >= 0.6 is 0 Å². The average molecular weight is 279 g/mol. The third-order valence-corrected chi connectivity index (χ3v) is 2.82. The molecule has 0 saturated carbocycles. The number of ether oxygens (including phenoxy) is 2. The Hall–Kier alpha value is -1.71. The highest BCUT2D eigenvalue weighted by molar-refractivity contribution is 5.81. The van der Waals surface area contributed by atoms with Crippen LogP contribution in [0.1, 0.15) is 40.5 Å². The largest absolute Gasteiger partial charge is 0.493 e. The van der Waals surface area contributed by atoms with E-state index in [-0.39, 0.29) is 6.10 Å². The molecular weight excluding hydrogens is 254 g/mol. The van der Waals surface area contributed by atoms with Gasteiger partial charge in [-0.25, -0.2) is 0 Å². The quantitative estimate of drug-likeness (QED) is 0.506. The standard InChI is InChI=1S/C16H25NO3/c1-5-14(4)20-16-9-7-15(8-10-16)18-12-11-13(3)17-19-6-2/h7-10,14H,5-6,11-12H2,1-4H3/b17-13+. The summed E-state index contributed by atoms with van der Waals surface area (Å²) in [6.07, 6.45) is 1.99. The number of hydrogen-bond acceptors (Lipinski definition) is 4. The molecule has 0 saturated heterocycles. The number of oxime groups is 1. The monoisotopic (exact) mass is 279 g/mol. The van der Waals surface area contributed by atoms with Crippen molar-refractivity contribution in [3.05, 3.63) is 24.3 Å². The summed E-state index contributed by atoms with van der Waals surface area (Å²) >= 11 is 0. The van der Waals surface area contributed by atoms with Crippen molar-refractivity contribution in [2.45, 2.75) is 46.6 Å². The van der Waals surface area contributed by atoms with Gasteiger partial charge in [0.25, 0.3) is 0 Å². The predicted octanol–water partition coefficient (Wildman–Crippen LogP) is 4.05. The van der Waals surface area contributed by atoms with Gasteiger partial charge >= 0.3 is 0 Å². The molecule has 0 bridgehead atoms. The molecule has 112 valence electrons. The Morgan fingerprint density at radius 2 is 1.80 bits per heavy atom. The molecule has 0 aliphatic heterocycles. The lowest BCUT2D eigenvalue weighted by Crippen LogP contribution is -2.09. The van der Waals surface area contributed by atoms with Gasteiger partial charge < -0.3 is 14.3 Å². The first-order valence-electron chi connectivity index (χ1n) is 7.20. The van der Waals surface area contributed by atoms with E-state index < -0.39 is 0 Å². The Kier molecular flexibility index (Phi) is 7.55. The second-order valence-corrected chi connectivity index (χ2v) is 4.65. The molecular formula is C16H25NO3. The van der Waals surface area contributed by atoms with Gasteiger partial charge in [-0.1, -0.05) is 12.1 Å². The molecule has 0 radical (unpaired) electrons. The topological polar surface area (TPSA) is 40.0 Å². The van der Waals surface area contributed by atoms with Crippen LogP contribution in [0.25, 0.3) is 0 Å². The number of hydrogen-bond donors (Lipinski definition) is 0. The smallest absolute Gasteiger partial charge is 0.119 e. The van der Waals surface area contributed by atoms with Crippen LogP contribution in [0.4, 0.5) is 0 Å². The lowest BCUT2D eigenvalue weighted by molar-refractivity contribution is 0.157. The zero-order chi connectivity index (χ0) is 14.8. The molecule has 20 heavy (non-hydrogen) atoms. The average Bonchev–Trinajstić information content (AvgIpc) is 2.46. The van der Waals surface area contributed by atoms with Crippen molar-refractivity contribution in [3.8, 4) is 11.5 Å². The van der Waals surface area contributed by atoms with E-state index in [4.69, 9.17) is 14.3 Å². The van der Waals surface area contributed by atoms with Gasteiger partial charge in [0.2, 0.25) is 0 Å². The van der Waals surface area contributed by atoms with Crippen molar-refractivity contribution >= 4 is 5.71 Å². The van der Waals surface area contributed by atoms with Crippen molar-refractivity contribution in [2.75, 3.05) is 13.2 Å². The molecule has 0 fully saturated rings. The summed E-state index contributed by atoms with van der Waals surface area (Å²) in [4.78, 5) is 4.98. The molecule has 1 aromatic rings. The molecule has 0 aromatic heterocycles. The molecule has 0 heterocycles. The van der Waals surface area contributed by atoms with Gasteiger partial charge in [-0.2, -0.15) is 0 Å². The van der Waals surface area contributed by atoms with Crippen LogP contribution in [0.15, 0.2) is 29.4 Å². The highest BCUT2D eigenvalue weighted by Crippen LogP contribution is 2.19. The van der Waals surface area contributed by atoms with E-state index in [1.165, 1.54) is 0 Å². The fraction of sp³-hybridized carbons (Fsp3) is 0.562. The van der Waals surface area contributed by atoms with E-state index in [1.807, 2.05) is 38.1 Å². The van der Waals surface area contributed by atoms with Crippen molar-refractivity contribution in [3.63, 3.8) is 0 Å². The Morgan fingerprint density at radius 1 is 1.15 bits per heavy atom. The maximum atomic E-state index is 5.71. The molecule has 0 N–H and O–H groups in total. The van der Waals surface area contributed by atoms with E-state index in [1.54, 1.807) is 0 Å². The molecule has 0 aliphatic rings. The van der Waals surface area contributed by atoms with Gasteiger partial charge in [-0.15, -0.1) is 0 Å². The molecule has 0 aliphatic carbocycles. The number of rotatable bonds is 9. The predicted molar refractivity (Wildman–Crippen MR) is 81.7 cm³/mol. The Labute approximate surface area is 121 Å². The first-order valence-corrected chi connectivity index (χ1v) is 7.20. The third kappa shape index (κ3) is 6.45. The second kappa shape index (κ2) is 9.23. The first-order chi connectivity index (χ1) is 9.65. The Bertz CT molecular complexity index is 401. The van der Waals surface area contributed by atoms with E-state index in [9.17, 15) is 0 Å². The first kappa shape index (κ1) is 16.3. The minimum absolute atomic E-state index is 0.235. The van der Waals surface area contributed by atoms with Crippen LogP contribution in [-0.4, -0.2) is 25.0 Å². The van der Waals surface area contributed by atoms with E-state index in [0.717, 1.165) is 30.1 Å². The maximum absolute atomic E-state index is 5.71. The minimum atomic E-state index is 0.235. The van der Waals surface area contributed by atoms with Gasteiger partial charge in [-0.3, -0.25) is 0 Å². The highest BCUT2D eigenvalue weighted by atomic mass is 16.6. The summed E-state index contributed by atoms with van der Waals surface area (Å²) in [5.74, 6) is 1.71. The highest BCUT2D eigenvalue weighted by Gasteiger charge is 2.01. The van der Waals surface area contributed by atoms with Gasteiger partial charge in [0.15, 0.2) is 0 Å². The molecule has 1 unspecified atom stereocenters. The van der Waals surface area contributed by atoms with Crippen LogP contribution in [0.2, 0.25) is 0 Å². The SMILES string of the molecule is CCO/N=C(\C)CCOc1ccc(OC(C)CC)cc1. The summed E-state index contributed by atoms with van der Waals surface area (Å²) in [6.45, 7) is 9.20. The summed E-state index contributed by atoms with van der Waals surface area (Å²) in [5.41, 5.74) is 0.934. The van der Waals surface area contributed by atoms with Gasteiger partial charge in [0, 0.05) is 6.42 Å². The number of benzene rings is 1. The second-order valence-electron chi connectivity index (χ2n) is 4.65. The van der Waals surface area contributed by atoms with Crippen LogP contribution in [0.5, 0.6) is 11.5 Å². The van der Waals surface area contributed by atoms with Crippen molar-refractivity contribution in [1.82, 2.24) is 0 Å². The summed E-state index contributed by atoms with van der Waals surface area (Å²) < 4.78 is 11.4. The van der Waals surface area contributed by atoms with Crippen LogP contribution in [0.3, 0.4) is 0 Å². The summed E-state index contributed by atoms with van der Waals surface area (Å²) in [6, 6.07) is 7.71. The van der Waals surface area contributed by atoms with Gasteiger partial charge in [0.05, 0.1) is 18.4 Å².